The van der Waals surface area contributed by atoms with E-state index < -0.39 is 0 Å². The van der Waals surface area contributed by atoms with E-state index in [4.69, 9.17) is 4.74 Å². The van der Waals surface area contributed by atoms with Crippen LogP contribution in [-0.4, -0.2) is 54.7 Å². The highest BCUT2D eigenvalue weighted by Crippen LogP contribution is 2.47. The van der Waals surface area contributed by atoms with Crippen LogP contribution in [-0.2, 0) is 9.53 Å². The van der Waals surface area contributed by atoms with Crippen molar-refractivity contribution in [1.82, 2.24) is 9.88 Å². The number of likely N-dealkylation sites (tertiary alicyclic amines) is 1. The highest BCUT2D eigenvalue weighted by Gasteiger charge is 2.52. The molecule has 146 valence electrons. The van der Waals surface area contributed by atoms with E-state index in [-0.39, 0.29) is 17.5 Å². The summed E-state index contributed by atoms with van der Waals surface area (Å²) in [6.45, 7) is 7.84. The molecule has 5 nitrogen and oxygen atoms in total. The van der Waals surface area contributed by atoms with Crippen LogP contribution in [0.4, 0.5) is 5.69 Å². The normalized spacial score (nSPS) is 28.9. The summed E-state index contributed by atoms with van der Waals surface area (Å²) < 4.78 is 5.77. The SMILES string of the molecule is Cc1cc(N2CC3(CN(CC[C@@H]4CC5(CCCCC5)C(=O)O4)C3)C2)ccn1. The summed E-state index contributed by atoms with van der Waals surface area (Å²) in [4.78, 5) is 21.7. The topological polar surface area (TPSA) is 45.7 Å². The Morgan fingerprint density at radius 3 is 2.70 bits per heavy atom. The Labute approximate surface area is 162 Å². The van der Waals surface area contributed by atoms with E-state index >= 15 is 0 Å². The van der Waals surface area contributed by atoms with Gasteiger partial charge in [-0.3, -0.25) is 9.78 Å². The zero-order valence-electron chi connectivity index (χ0n) is 16.5. The Kier molecular flexibility index (Phi) is 4.19. The molecule has 3 saturated heterocycles. The van der Waals surface area contributed by atoms with E-state index in [2.05, 4.69) is 33.8 Å². The summed E-state index contributed by atoms with van der Waals surface area (Å²) in [5.74, 6) is 0.106. The number of rotatable bonds is 4. The zero-order chi connectivity index (χ0) is 18.5. The summed E-state index contributed by atoms with van der Waals surface area (Å²) in [5, 5.41) is 0. The summed E-state index contributed by atoms with van der Waals surface area (Å²) in [5.41, 5.74) is 2.78. The molecule has 0 radical (unpaired) electrons. The lowest BCUT2D eigenvalue weighted by atomic mass is 9.71. The van der Waals surface area contributed by atoms with Gasteiger partial charge in [0.15, 0.2) is 0 Å². The van der Waals surface area contributed by atoms with Crippen molar-refractivity contribution in [2.75, 3.05) is 37.6 Å². The summed E-state index contributed by atoms with van der Waals surface area (Å²) in [7, 11) is 0. The number of pyridine rings is 1. The van der Waals surface area contributed by atoms with Gasteiger partial charge in [0.2, 0.25) is 0 Å². The number of nitrogens with zero attached hydrogens (tertiary/aromatic N) is 3. The zero-order valence-corrected chi connectivity index (χ0v) is 16.5. The van der Waals surface area contributed by atoms with Crippen LogP contribution in [0.5, 0.6) is 0 Å². The maximum Gasteiger partial charge on any atom is 0.312 e. The van der Waals surface area contributed by atoms with Gasteiger partial charge in [-0.15, -0.1) is 0 Å². The Morgan fingerprint density at radius 1 is 1.19 bits per heavy atom. The lowest BCUT2D eigenvalue weighted by Crippen LogP contribution is -2.72. The fourth-order valence-electron chi connectivity index (χ4n) is 5.90. The molecule has 5 rings (SSSR count). The number of hydrogen-bond acceptors (Lipinski definition) is 5. The van der Waals surface area contributed by atoms with Crippen LogP contribution in [0.2, 0.25) is 0 Å². The van der Waals surface area contributed by atoms with Gasteiger partial charge in [0.1, 0.15) is 6.10 Å². The highest BCUT2D eigenvalue weighted by atomic mass is 16.6. The predicted octanol–water partition coefficient (Wildman–Crippen LogP) is 3.17. The molecule has 1 saturated carbocycles. The molecule has 27 heavy (non-hydrogen) atoms. The molecule has 0 N–H and O–H groups in total. The molecule has 3 aliphatic heterocycles. The van der Waals surface area contributed by atoms with Gasteiger partial charge in [-0.1, -0.05) is 19.3 Å². The van der Waals surface area contributed by atoms with E-state index in [9.17, 15) is 4.79 Å². The van der Waals surface area contributed by atoms with Gasteiger partial charge < -0.3 is 14.5 Å². The lowest BCUT2D eigenvalue weighted by molar-refractivity contribution is -0.150. The molecule has 1 aromatic rings. The third-order valence-electron chi connectivity index (χ3n) is 7.32. The number of aryl methyl sites for hydroxylation is 1. The lowest BCUT2D eigenvalue weighted by Gasteiger charge is -2.61. The smallest absolute Gasteiger partial charge is 0.312 e. The first-order valence-electron chi connectivity index (χ1n) is 10.7. The number of esters is 1. The van der Waals surface area contributed by atoms with Gasteiger partial charge in [-0.05, 0) is 38.3 Å². The molecule has 0 amide bonds. The van der Waals surface area contributed by atoms with Crippen molar-refractivity contribution in [2.24, 2.45) is 10.8 Å². The van der Waals surface area contributed by atoms with E-state index in [1.54, 1.807) is 0 Å². The Morgan fingerprint density at radius 2 is 1.96 bits per heavy atom. The van der Waals surface area contributed by atoms with Crippen LogP contribution in [0, 0.1) is 17.8 Å². The maximum absolute atomic E-state index is 12.4. The van der Waals surface area contributed by atoms with E-state index in [1.807, 2.05) is 6.20 Å². The van der Waals surface area contributed by atoms with E-state index in [0.29, 0.717) is 5.41 Å². The summed E-state index contributed by atoms with van der Waals surface area (Å²) in [6, 6.07) is 4.30. The number of carbonyl (C=O) groups excluding carboxylic acids is 1. The van der Waals surface area contributed by atoms with Crippen LogP contribution in [0.25, 0.3) is 0 Å². The molecular weight excluding hydrogens is 338 g/mol. The van der Waals surface area contributed by atoms with Gasteiger partial charge in [0.05, 0.1) is 5.41 Å². The minimum atomic E-state index is -0.115. The van der Waals surface area contributed by atoms with Gasteiger partial charge in [0, 0.05) is 62.1 Å². The highest BCUT2D eigenvalue weighted by molar-refractivity contribution is 5.79. The second-order valence-electron chi connectivity index (χ2n) is 9.58. The minimum absolute atomic E-state index is 0.106. The van der Waals surface area contributed by atoms with Crippen molar-refractivity contribution < 1.29 is 9.53 Å². The van der Waals surface area contributed by atoms with E-state index in [0.717, 1.165) is 51.0 Å². The van der Waals surface area contributed by atoms with Crippen LogP contribution in [0.1, 0.15) is 50.6 Å². The first-order valence-corrected chi connectivity index (χ1v) is 10.7. The molecule has 0 aromatic carbocycles. The van der Waals surface area contributed by atoms with Crippen LogP contribution >= 0.6 is 0 Å². The third-order valence-corrected chi connectivity index (χ3v) is 7.32. The van der Waals surface area contributed by atoms with Crippen molar-refractivity contribution in [3.05, 3.63) is 24.0 Å². The van der Waals surface area contributed by atoms with Crippen LogP contribution < -0.4 is 4.90 Å². The fraction of sp³-hybridized carbons (Fsp3) is 0.727. The van der Waals surface area contributed by atoms with Crippen molar-refractivity contribution in [3.8, 4) is 0 Å². The molecule has 5 heteroatoms. The first kappa shape index (κ1) is 17.5. The number of carbonyl (C=O) groups is 1. The summed E-state index contributed by atoms with van der Waals surface area (Å²) >= 11 is 0. The number of anilines is 1. The fourth-order valence-corrected chi connectivity index (χ4v) is 5.90. The molecule has 4 aliphatic rings. The molecule has 4 heterocycles. The number of cyclic esters (lactones) is 1. The molecule has 1 atom stereocenters. The predicted molar refractivity (Wildman–Crippen MR) is 105 cm³/mol. The average molecular weight is 370 g/mol. The average Bonchev–Trinajstić information content (AvgIpc) is 2.88. The molecule has 0 bridgehead atoms. The van der Waals surface area contributed by atoms with Gasteiger partial charge >= 0.3 is 5.97 Å². The van der Waals surface area contributed by atoms with Crippen molar-refractivity contribution in [1.29, 1.82) is 0 Å². The second kappa shape index (κ2) is 6.47. The molecule has 1 aromatic heterocycles. The Balaban J connectivity index is 1.06. The quantitative estimate of drug-likeness (QED) is 0.763. The van der Waals surface area contributed by atoms with Crippen LogP contribution in [0.15, 0.2) is 18.3 Å². The number of hydrogen-bond donors (Lipinski definition) is 0. The van der Waals surface area contributed by atoms with Crippen molar-refractivity contribution in [2.45, 2.75) is 58.0 Å². The number of aromatic nitrogens is 1. The summed E-state index contributed by atoms with van der Waals surface area (Å²) in [6.07, 6.45) is 9.84. The third kappa shape index (κ3) is 3.14. The maximum atomic E-state index is 12.4. The standard InChI is InChI=1S/C22H31N3O2/c1-17-11-18(5-9-23-17)25-15-21(16-25)13-24(14-21)10-6-19-12-22(20(26)27-19)7-3-2-4-8-22/h5,9,11,19H,2-4,6-8,10,12-16H2,1H3/t19-/m1/s1. The Hall–Kier alpha value is -1.62. The van der Waals surface area contributed by atoms with E-state index in [1.165, 1.54) is 38.0 Å². The molecule has 4 fully saturated rings. The largest absolute Gasteiger partial charge is 0.462 e. The Bertz CT molecular complexity index is 714. The van der Waals surface area contributed by atoms with Crippen molar-refractivity contribution in [3.63, 3.8) is 0 Å². The molecule has 2 spiro atoms. The monoisotopic (exact) mass is 369 g/mol. The van der Waals surface area contributed by atoms with Gasteiger partial charge in [-0.25, -0.2) is 0 Å². The second-order valence-corrected chi connectivity index (χ2v) is 9.58. The van der Waals surface area contributed by atoms with Gasteiger partial charge in [0.25, 0.3) is 0 Å². The number of ether oxygens (including phenoxy) is 1. The molecular formula is C22H31N3O2. The molecule has 0 unspecified atom stereocenters. The van der Waals surface area contributed by atoms with Crippen LogP contribution in [0.3, 0.4) is 0 Å². The van der Waals surface area contributed by atoms with Gasteiger partial charge in [-0.2, -0.15) is 0 Å². The first-order chi connectivity index (χ1) is 13.1. The molecule has 1 aliphatic carbocycles. The minimum Gasteiger partial charge on any atom is -0.462 e. The van der Waals surface area contributed by atoms with Crippen molar-refractivity contribution >= 4 is 11.7 Å².